The van der Waals surface area contributed by atoms with E-state index in [9.17, 15) is 20.0 Å². The van der Waals surface area contributed by atoms with Crippen LogP contribution in [0.5, 0.6) is 17.2 Å². The molecule has 0 aliphatic carbocycles. The van der Waals surface area contributed by atoms with Crippen molar-refractivity contribution in [1.29, 1.82) is 5.26 Å². The average molecular weight is 522 g/mol. The van der Waals surface area contributed by atoms with E-state index in [1.807, 2.05) is 28.7 Å². The van der Waals surface area contributed by atoms with Crippen LogP contribution in [0.2, 0.25) is 0 Å². The minimum Gasteiger partial charge on any atom is -0.508 e. The number of benzene rings is 2. The molecule has 0 aromatic heterocycles. The fourth-order valence-electron chi connectivity index (χ4n) is 2.36. The first-order valence-electron chi connectivity index (χ1n) is 8.76. The second-order valence-electron chi connectivity index (χ2n) is 5.80. The Balaban J connectivity index is 2.24. The van der Waals surface area contributed by atoms with Crippen LogP contribution in [0.15, 0.2) is 42.0 Å². The van der Waals surface area contributed by atoms with E-state index < -0.39 is 11.9 Å². The molecule has 0 heterocycles. The van der Waals surface area contributed by atoms with Gasteiger partial charge >= 0.3 is 5.97 Å². The van der Waals surface area contributed by atoms with Crippen molar-refractivity contribution in [2.45, 2.75) is 6.92 Å². The van der Waals surface area contributed by atoms with Crippen molar-refractivity contribution in [1.82, 2.24) is 0 Å². The van der Waals surface area contributed by atoms with E-state index in [2.05, 4.69) is 5.32 Å². The largest absolute Gasteiger partial charge is 0.508 e. The number of anilines is 1. The van der Waals surface area contributed by atoms with Gasteiger partial charge in [-0.2, -0.15) is 5.26 Å². The highest BCUT2D eigenvalue weighted by atomic mass is 127. The van der Waals surface area contributed by atoms with Crippen LogP contribution in [0, 0.1) is 14.9 Å². The van der Waals surface area contributed by atoms with Gasteiger partial charge in [0.2, 0.25) is 0 Å². The highest BCUT2D eigenvalue weighted by Gasteiger charge is 2.15. The highest BCUT2D eigenvalue weighted by Crippen LogP contribution is 2.34. The Morgan fingerprint density at radius 3 is 2.57 bits per heavy atom. The van der Waals surface area contributed by atoms with Crippen LogP contribution in [0.3, 0.4) is 0 Å². The summed E-state index contributed by atoms with van der Waals surface area (Å²) in [5.74, 6) is -0.336. The molecule has 1 amide bonds. The number of esters is 1. The van der Waals surface area contributed by atoms with E-state index in [-0.39, 0.29) is 24.5 Å². The molecule has 0 fully saturated rings. The SMILES string of the molecule is CCOC(=O)COc1c(I)cc(/C=C(\C#N)C(=O)Nc2ccc(O)cc2)cc1OC. The van der Waals surface area contributed by atoms with E-state index in [0.29, 0.717) is 26.3 Å². The number of hydrogen-bond donors (Lipinski definition) is 2. The maximum Gasteiger partial charge on any atom is 0.344 e. The van der Waals surface area contributed by atoms with Gasteiger partial charge in [0.05, 0.1) is 17.3 Å². The normalized spacial score (nSPS) is 10.7. The van der Waals surface area contributed by atoms with Gasteiger partial charge in [0.1, 0.15) is 17.4 Å². The number of ether oxygens (including phenoxy) is 3. The van der Waals surface area contributed by atoms with Gasteiger partial charge < -0.3 is 24.6 Å². The lowest BCUT2D eigenvalue weighted by Crippen LogP contribution is -2.15. The number of nitrogens with one attached hydrogen (secondary N) is 1. The van der Waals surface area contributed by atoms with Crippen LogP contribution in [-0.4, -0.2) is 37.3 Å². The summed E-state index contributed by atoms with van der Waals surface area (Å²) < 4.78 is 16.3. The maximum absolute atomic E-state index is 12.4. The molecule has 156 valence electrons. The lowest BCUT2D eigenvalue weighted by atomic mass is 10.1. The van der Waals surface area contributed by atoms with Gasteiger partial charge in [-0.05, 0) is 77.6 Å². The summed E-state index contributed by atoms with van der Waals surface area (Å²) in [4.78, 5) is 23.9. The third kappa shape index (κ3) is 6.38. The molecular formula is C21H19IN2O6. The Morgan fingerprint density at radius 2 is 1.97 bits per heavy atom. The first-order valence-corrected chi connectivity index (χ1v) is 9.84. The molecule has 2 aromatic rings. The van der Waals surface area contributed by atoms with Gasteiger partial charge in [-0.3, -0.25) is 4.79 Å². The average Bonchev–Trinajstić information content (AvgIpc) is 2.72. The third-order valence-electron chi connectivity index (χ3n) is 3.69. The fraction of sp³-hybridized carbons (Fsp3) is 0.190. The highest BCUT2D eigenvalue weighted by molar-refractivity contribution is 14.1. The van der Waals surface area contributed by atoms with Crippen LogP contribution in [0.1, 0.15) is 12.5 Å². The number of methoxy groups -OCH3 is 1. The number of nitrogens with zero attached hydrogens (tertiary/aromatic N) is 1. The predicted octanol–water partition coefficient (Wildman–Crippen LogP) is 3.49. The van der Waals surface area contributed by atoms with Crippen molar-refractivity contribution in [2.24, 2.45) is 0 Å². The summed E-state index contributed by atoms with van der Waals surface area (Å²) in [6, 6.07) is 11.0. The topological polar surface area (TPSA) is 118 Å². The molecule has 9 heteroatoms. The van der Waals surface area contributed by atoms with Crippen molar-refractivity contribution in [3.05, 3.63) is 51.1 Å². The van der Waals surface area contributed by atoms with E-state index in [1.54, 1.807) is 19.1 Å². The number of amides is 1. The molecule has 0 atom stereocenters. The van der Waals surface area contributed by atoms with Crippen LogP contribution >= 0.6 is 22.6 Å². The lowest BCUT2D eigenvalue weighted by Gasteiger charge is -2.13. The number of phenols is 1. The molecule has 30 heavy (non-hydrogen) atoms. The summed E-state index contributed by atoms with van der Waals surface area (Å²) in [6.45, 7) is 1.69. The van der Waals surface area contributed by atoms with E-state index in [0.717, 1.165) is 0 Å². The Morgan fingerprint density at radius 1 is 1.27 bits per heavy atom. The van der Waals surface area contributed by atoms with Gasteiger partial charge in [0.25, 0.3) is 5.91 Å². The summed E-state index contributed by atoms with van der Waals surface area (Å²) in [6.07, 6.45) is 1.41. The molecule has 2 rings (SSSR count). The van der Waals surface area contributed by atoms with Crippen molar-refractivity contribution in [3.8, 4) is 23.3 Å². The molecule has 0 saturated carbocycles. The Kier molecular flexibility index (Phi) is 8.49. The Hall–Kier alpha value is -3.26. The smallest absolute Gasteiger partial charge is 0.344 e. The van der Waals surface area contributed by atoms with Gasteiger partial charge in [-0.15, -0.1) is 0 Å². The molecule has 0 aliphatic rings. The number of aromatic hydroxyl groups is 1. The molecule has 2 N–H and O–H groups in total. The molecule has 0 saturated heterocycles. The maximum atomic E-state index is 12.4. The lowest BCUT2D eigenvalue weighted by molar-refractivity contribution is -0.145. The summed E-state index contributed by atoms with van der Waals surface area (Å²) in [5.41, 5.74) is 0.854. The number of nitriles is 1. The van der Waals surface area contributed by atoms with E-state index in [1.165, 1.54) is 37.5 Å². The minimum atomic E-state index is -0.597. The number of hydrogen-bond acceptors (Lipinski definition) is 7. The number of carbonyl (C=O) groups excluding carboxylic acids is 2. The second-order valence-corrected chi connectivity index (χ2v) is 6.96. The zero-order valence-corrected chi connectivity index (χ0v) is 18.4. The van der Waals surface area contributed by atoms with Crippen molar-refractivity contribution in [3.63, 3.8) is 0 Å². The molecule has 2 aromatic carbocycles. The van der Waals surface area contributed by atoms with E-state index in [4.69, 9.17) is 14.2 Å². The second kappa shape index (κ2) is 11.1. The molecule has 8 nitrogen and oxygen atoms in total. The molecule has 0 spiro atoms. The summed E-state index contributed by atoms with van der Waals surface area (Å²) in [7, 11) is 1.44. The molecule has 0 unspecified atom stereocenters. The Labute approximate surface area is 187 Å². The van der Waals surface area contributed by atoms with Crippen LogP contribution in [-0.2, 0) is 14.3 Å². The van der Waals surface area contributed by atoms with Gasteiger partial charge in [-0.1, -0.05) is 0 Å². The minimum absolute atomic E-state index is 0.0657. The standard InChI is InChI=1S/C21H19IN2O6/c1-3-29-19(26)12-30-20-17(22)9-13(10-18(20)28-2)8-14(11-23)21(27)24-15-4-6-16(25)7-5-15/h4-10,25H,3,12H2,1-2H3,(H,24,27)/b14-8+. The molecule has 0 radical (unpaired) electrons. The van der Waals surface area contributed by atoms with Gasteiger partial charge in [0.15, 0.2) is 18.1 Å². The summed E-state index contributed by atoms with van der Waals surface area (Å²) >= 11 is 2.01. The van der Waals surface area contributed by atoms with Crippen LogP contribution in [0.25, 0.3) is 6.08 Å². The third-order valence-corrected chi connectivity index (χ3v) is 4.49. The molecule has 0 bridgehead atoms. The summed E-state index contributed by atoms with van der Waals surface area (Å²) in [5, 5.41) is 21.3. The molecule has 0 aliphatic heterocycles. The van der Waals surface area contributed by atoms with Crippen molar-refractivity contribution in [2.75, 3.05) is 25.6 Å². The monoisotopic (exact) mass is 522 g/mol. The van der Waals surface area contributed by atoms with Crippen molar-refractivity contribution < 1.29 is 28.9 Å². The number of rotatable bonds is 8. The van der Waals surface area contributed by atoms with Gasteiger partial charge in [-0.25, -0.2) is 4.79 Å². The fourth-order valence-corrected chi connectivity index (χ4v) is 3.14. The number of carbonyl (C=O) groups is 2. The first-order chi connectivity index (χ1) is 14.4. The van der Waals surface area contributed by atoms with Gasteiger partial charge in [0, 0.05) is 5.69 Å². The van der Waals surface area contributed by atoms with Crippen LogP contribution in [0.4, 0.5) is 5.69 Å². The predicted molar refractivity (Wildman–Crippen MR) is 118 cm³/mol. The first kappa shape index (κ1) is 23.0. The number of halogens is 1. The Bertz CT molecular complexity index is 996. The van der Waals surface area contributed by atoms with Crippen molar-refractivity contribution >= 4 is 46.2 Å². The molecular weight excluding hydrogens is 503 g/mol. The van der Waals surface area contributed by atoms with E-state index >= 15 is 0 Å². The number of phenolic OH excluding ortho intramolecular Hbond substituents is 1. The zero-order valence-electron chi connectivity index (χ0n) is 16.3. The van der Waals surface area contributed by atoms with Crippen LogP contribution < -0.4 is 14.8 Å². The quantitative estimate of drug-likeness (QED) is 0.179. The zero-order chi connectivity index (χ0) is 22.1.